The third-order valence-electron chi connectivity index (χ3n) is 6.36. The van der Waals surface area contributed by atoms with Gasteiger partial charge in [0.25, 0.3) is 5.91 Å². The molecule has 190 valence electrons. The van der Waals surface area contributed by atoms with E-state index in [4.69, 9.17) is 0 Å². The topological polar surface area (TPSA) is 85.7 Å². The van der Waals surface area contributed by atoms with Gasteiger partial charge in [-0.1, -0.05) is 30.9 Å². The van der Waals surface area contributed by atoms with Crippen LogP contribution >= 0.6 is 0 Å². The lowest BCUT2D eigenvalue weighted by molar-refractivity contribution is 0.102. The van der Waals surface area contributed by atoms with Gasteiger partial charge in [0.1, 0.15) is 0 Å². The zero-order chi connectivity index (χ0) is 26.2. The standard InChI is InChI=1S/C29H33N7O/c1-5-23(19-30-3)26-12-13-31-29(33-26)34-27-18-25(11-6-21(27)2)32-28(37)24-9-7-22(8-10-24)20-36-16-14-35(4)15-17-36/h5-13,18-19H,1,3,14-17,20H2,2,4H3,(H,32,37)(H,31,33,34)/b23-19+. The zero-order valence-electron chi connectivity index (χ0n) is 21.4. The van der Waals surface area contributed by atoms with Crippen LogP contribution in [0.1, 0.15) is 27.2 Å². The van der Waals surface area contributed by atoms with Crippen LogP contribution in [-0.2, 0) is 6.54 Å². The second kappa shape index (κ2) is 12.2. The molecule has 0 aliphatic carbocycles. The average Bonchev–Trinajstić information content (AvgIpc) is 2.91. The Balaban J connectivity index is 1.41. The summed E-state index contributed by atoms with van der Waals surface area (Å²) in [6, 6.07) is 15.3. The van der Waals surface area contributed by atoms with E-state index in [2.05, 4.69) is 55.7 Å². The fourth-order valence-electron chi connectivity index (χ4n) is 4.09. The number of nitrogens with zero attached hydrogens (tertiary/aromatic N) is 5. The zero-order valence-corrected chi connectivity index (χ0v) is 21.4. The molecule has 8 heteroatoms. The second-order valence-electron chi connectivity index (χ2n) is 9.12. The lowest BCUT2D eigenvalue weighted by Gasteiger charge is -2.32. The van der Waals surface area contributed by atoms with E-state index < -0.39 is 0 Å². The fourth-order valence-corrected chi connectivity index (χ4v) is 4.09. The molecule has 0 atom stereocenters. The quantitative estimate of drug-likeness (QED) is 0.329. The van der Waals surface area contributed by atoms with E-state index in [9.17, 15) is 4.79 Å². The number of carbonyl (C=O) groups excluding carboxylic acids is 1. The molecule has 2 heterocycles. The van der Waals surface area contributed by atoms with Crippen molar-refractivity contribution in [3.63, 3.8) is 0 Å². The van der Waals surface area contributed by atoms with Crippen molar-refractivity contribution >= 4 is 35.5 Å². The molecule has 1 amide bonds. The molecule has 0 radical (unpaired) electrons. The number of piperazine rings is 1. The highest BCUT2D eigenvalue weighted by atomic mass is 16.1. The molecule has 1 aromatic heterocycles. The molecule has 1 fully saturated rings. The number of likely N-dealkylation sites (N-methyl/N-ethyl adjacent to an activating group) is 1. The molecule has 0 spiro atoms. The largest absolute Gasteiger partial charge is 0.324 e. The van der Waals surface area contributed by atoms with Gasteiger partial charge in [-0.3, -0.25) is 14.7 Å². The normalized spacial score (nSPS) is 14.7. The van der Waals surface area contributed by atoms with Gasteiger partial charge in [0, 0.05) is 67.6 Å². The molecule has 0 unspecified atom stereocenters. The van der Waals surface area contributed by atoms with Crippen molar-refractivity contribution in [2.75, 3.05) is 43.9 Å². The highest BCUT2D eigenvalue weighted by molar-refractivity contribution is 6.04. The fraction of sp³-hybridized carbons (Fsp3) is 0.241. The van der Waals surface area contributed by atoms with Gasteiger partial charge >= 0.3 is 0 Å². The van der Waals surface area contributed by atoms with Gasteiger partial charge < -0.3 is 15.5 Å². The number of nitrogens with one attached hydrogen (secondary N) is 2. The molecule has 4 rings (SSSR count). The van der Waals surface area contributed by atoms with Gasteiger partial charge in [0.2, 0.25) is 5.95 Å². The first kappa shape index (κ1) is 25.9. The van der Waals surface area contributed by atoms with Gasteiger partial charge in [0.15, 0.2) is 0 Å². The summed E-state index contributed by atoms with van der Waals surface area (Å²) in [6.07, 6.45) is 4.93. The summed E-state index contributed by atoms with van der Waals surface area (Å²) in [5.41, 5.74) is 5.72. The number of rotatable bonds is 9. The van der Waals surface area contributed by atoms with Gasteiger partial charge in [-0.05, 0) is 62.1 Å². The molecule has 2 N–H and O–H groups in total. The van der Waals surface area contributed by atoms with E-state index in [1.165, 1.54) is 5.56 Å². The number of aryl methyl sites for hydroxylation is 1. The third kappa shape index (κ3) is 6.97. The van der Waals surface area contributed by atoms with Crippen molar-refractivity contribution in [2.24, 2.45) is 4.99 Å². The molecule has 3 aromatic rings. The summed E-state index contributed by atoms with van der Waals surface area (Å²) in [7, 11) is 2.16. The van der Waals surface area contributed by atoms with E-state index in [-0.39, 0.29) is 5.91 Å². The Labute approximate surface area is 218 Å². The summed E-state index contributed by atoms with van der Waals surface area (Å²) in [5.74, 6) is 0.272. The van der Waals surface area contributed by atoms with Crippen LogP contribution in [0.5, 0.6) is 0 Å². The Morgan fingerprint density at radius 3 is 2.57 bits per heavy atom. The molecule has 37 heavy (non-hydrogen) atoms. The smallest absolute Gasteiger partial charge is 0.255 e. The molecular weight excluding hydrogens is 462 g/mol. The summed E-state index contributed by atoms with van der Waals surface area (Å²) >= 11 is 0. The third-order valence-corrected chi connectivity index (χ3v) is 6.36. The van der Waals surface area contributed by atoms with Crippen molar-refractivity contribution < 1.29 is 4.79 Å². The molecule has 1 aliphatic heterocycles. The SMILES string of the molecule is C=C/C(=C\N=C)c1ccnc(Nc2cc(NC(=O)c3ccc(CN4CCN(C)CC4)cc3)ccc2C)n1. The van der Waals surface area contributed by atoms with E-state index >= 15 is 0 Å². The lowest BCUT2D eigenvalue weighted by Crippen LogP contribution is -2.43. The second-order valence-corrected chi connectivity index (χ2v) is 9.12. The summed E-state index contributed by atoms with van der Waals surface area (Å²) < 4.78 is 0. The van der Waals surface area contributed by atoms with Gasteiger partial charge in [0.05, 0.1) is 5.69 Å². The van der Waals surface area contributed by atoms with Crippen molar-refractivity contribution in [2.45, 2.75) is 13.5 Å². The first-order valence-electron chi connectivity index (χ1n) is 12.3. The van der Waals surface area contributed by atoms with Gasteiger partial charge in [-0.15, -0.1) is 0 Å². The van der Waals surface area contributed by atoms with Crippen LogP contribution in [0.2, 0.25) is 0 Å². The minimum absolute atomic E-state index is 0.156. The number of carbonyl (C=O) groups is 1. The van der Waals surface area contributed by atoms with Crippen LogP contribution < -0.4 is 10.6 Å². The van der Waals surface area contributed by atoms with Crippen LogP contribution in [0.3, 0.4) is 0 Å². The van der Waals surface area contributed by atoms with E-state index in [0.29, 0.717) is 22.9 Å². The first-order chi connectivity index (χ1) is 17.9. The maximum atomic E-state index is 12.9. The maximum absolute atomic E-state index is 12.9. The predicted octanol–water partition coefficient (Wildman–Crippen LogP) is 4.76. The molecular formula is C29H33N7O. The number of aromatic nitrogens is 2. The summed E-state index contributed by atoms with van der Waals surface area (Å²) in [6.45, 7) is 14.5. The summed E-state index contributed by atoms with van der Waals surface area (Å²) in [4.78, 5) is 30.4. The van der Waals surface area contributed by atoms with E-state index in [1.807, 2.05) is 49.4 Å². The number of hydrogen-bond acceptors (Lipinski definition) is 7. The number of aliphatic imine (C=N–C) groups is 1. The van der Waals surface area contributed by atoms with Crippen LogP contribution in [-0.4, -0.2) is 65.6 Å². The number of benzene rings is 2. The minimum atomic E-state index is -0.156. The number of hydrogen-bond donors (Lipinski definition) is 2. The molecule has 8 nitrogen and oxygen atoms in total. The van der Waals surface area contributed by atoms with Gasteiger partial charge in [-0.25, -0.2) is 9.97 Å². The Morgan fingerprint density at radius 2 is 1.86 bits per heavy atom. The van der Waals surface area contributed by atoms with E-state index in [0.717, 1.165) is 49.5 Å². The Morgan fingerprint density at radius 1 is 1.11 bits per heavy atom. The van der Waals surface area contributed by atoms with Crippen molar-refractivity contribution in [3.8, 4) is 0 Å². The minimum Gasteiger partial charge on any atom is -0.324 e. The molecule has 2 aromatic carbocycles. The highest BCUT2D eigenvalue weighted by Gasteiger charge is 2.14. The lowest BCUT2D eigenvalue weighted by atomic mass is 10.1. The van der Waals surface area contributed by atoms with Crippen LogP contribution in [0.25, 0.3) is 5.57 Å². The maximum Gasteiger partial charge on any atom is 0.255 e. The predicted molar refractivity (Wildman–Crippen MR) is 151 cm³/mol. The van der Waals surface area contributed by atoms with E-state index in [1.54, 1.807) is 24.5 Å². The molecule has 1 aliphatic rings. The number of amides is 1. The Kier molecular flexibility index (Phi) is 8.56. The average molecular weight is 496 g/mol. The van der Waals surface area contributed by atoms with Crippen molar-refractivity contribution in [1.29, 1.82) is 0 Å². The van der Waals surface area contributed by atoms with Crippen LogP contribution in [0.15, 0.2) is 78.6 Å². The Hall–Kier alpha value is -4.14. The van der Waals surface area contributed by atoms with Crippen molar-refractivity contribution in [1.82, 2.24) is 19.8 Å². The number of allylic oxidation sites excluding steroid dienone is 2. The van der Waals surface area contributed by atoms with Gasteiger partial charge in [-0.2, -0.15) is 0 Å². The van der Waals surface area contributed by atoms with Crippen LogP contribution in [0, 0.1) is 6.92 Å². The first-order valence-corrected chi connectivity index (χ1v) is 12.3. The monoisotopic (exact) mass is 495 g/mol. The summed E-state index contributed by atoms with van der Waals surface area (Å²) in [5, 5.41) is 6.24. The number of anilines is 3. The highest BCUT2D eigenvalue weighted by Crippen LogP contribution is 2.24. The molecule has 0 saturated carbocycles. The van der Waals surface area contributed by atoms with Crippen LogP contribution in [0.4, 0.5) is 17.3 Å². The molecule has 0 bridgehead atoms. The Bertz CT molecular complexity index is 1290. The van der Waals surface area contributed by atoms with Crippen molar-refractivity contribution in [3.05, 3.63) is 96.0 Å². The molecule has 1 saturated heterocycles.